The van der Waals surface area contributed by atoms with Crippen LogP contribution in [-0.4, -0.2) is 32.1 Å². The Morgan fingerprint density at radius 1 is 1.35 bits per heavy atom. The van der Waals surface area contributed by atoms with Crippen LogP contribution in [0.3, 0.4) is 0 Å². The molecule has 0 amide bonds. The van der Waals surface area contributed by atoms with Crippen molar-refractivity contribution < 1.29 is 9.35 Å². The number of nitro groups is 1. The fourth-order valence-electron chi connectivity index (χ4n) is 1.37. The molecule has 0 aromatic carbocycles. The third-order valence-electron chi connectivity index (χ3n) is 3.61. The van der Waals surface area contributed by atoms with Crippen LogP contribution in [0, 0.1) is 10.1 Å². The molecule has 0 unspecified atom stereocenters. The van der Waals surface area contributed by atoms with Gasteiger partial charge in [0.25, 0.3) is 0 Å². The lowest BCUT2D eigenvalue weighted by Crippen LogP contribution is -2.41. The Balaban J connectivity index is 4.62. The predicted molar refractivity (Wildman–Crippen MR) is 85.0 cm³/mol. The van der Waals surface area contributed by atoms with Gasteiger partial charge in [0.15, 0.2) is 8.32 Å². The SMILES string of the molecule is CC(=NCCO[Si](C)(C)C(C)(C)C)C(=C(C)N)[N+](=O)[O-]. The molecule has 0 bridgehead atoms. The predicted octanol–water partition coefficient (Wildman–Crippen LogP) is 2.94. The highest BCUT2D eigenvalue weighted by atomic mass is 28.4. The van der Waals surface area contributed by atoms with Crippen molar-refractivity contribution in [3.63, 3.8) is 0 Å². The first-order valence-electron chi connectivity index (χ1n) is 6.66. The van der Waals surface area contributed by atoms with Crippen molar-refractivity contribution in [2.24, 2.45) is 10.7 Å². The largest absolute Gasteiger partial charge is 0.415 e. The van der Waals surface area contributed by atoms with Gasteiger partial charge in [-0.2, -0.15) is 0 Å². The van der Waals surface area contributed by atoms with E-state index in [-0.39, 0.29) is 16.4 Å². The molecule has 0 radical (unpaired) electrons. The second-order valence-corrected chi connectivity index (χ2v) is 11.2. The van der Waals surface area contributed by atoms with Gasteiger partial charge in [0.2, 0.25) is 0 Å². The number of aliphatic imine (C=N–C) groups is 1. The second-order valence-electron chi connectivity index (χ2n) is 6.36. The van der Waals surface area contributed by atoms with E-state index in [1.165, 1.54) is 6.92 Å². The fraction of sp³-hybridized carbons (Fsp3) is 0.769. The van der Waals surface area contributed by atoms with Gasteiger partial charge < -0.3 is 10.2 Å². The third kappa shape index (κ3) is 5.42. The molecule has 0 aromatic rings. The first-order valence-corrected chi connectivity index (χ1v) is 9.57. The molecule has 0 rings (SSSR count). The van der Waals surface area contributed by atoms with Crippen molar-refractivity contribution in [2.75, 3.05) is 13.2 Å². The van der Waals surface area contributed by atoms with Crippen LogP contribution < -0.4 is 5.73 Å². The molecule has 0 atom stereocenters. The fourth-order valence-corrected chi connectivity index (χ4v) is 2.40. The minimum absolute atomic E-state index is 0.114. The van der Waals surface area contributed by atoms with Crippen molar-refractivity contribution >= 4 is 14.0 Å². The summed E-state index contributed by atoms with van der Waals surface area (Å²) in [5, 5.41) is 11.0. The normalized spacial score (nSPS) is 15.1. The first-order chi connectivity index (χ1) is 8.90. The lowest BCUT2D eigenvalue weighted by Gasteiger charge is -2.35. The summed E-state index contributed by atoms with van der Waals surface area (Å²) in [5.74, 6) is 0. The van der Waals surface area contributed by atoms with Crippen LogP contribution in [0.1, 0.15) is 34.6 Å². The molecule has 0 aliphatic heterocycles. The van der Waals surface area contributed by atoms with E-state index < -0.39 is 13.2 Å². The maximum absolute atomic E-state index is 10.9. The summed E-state index contributed by atoms with van der Waals surface area (Å²) < 4.78 is 5.96. The Morgan fingerprint density at radius 2 is 1.85 bits per heavy atom. The van der Waals surface area contributed by atoms with Gasteiger partial charge in [-0.05, 0) is 32.0 Å². The molecule has 0 spiro atoms. The molecule has 0 saturated carbocycles. The number of nitrogens with two attached hydrogens (primary N) is 1. The van der Waals surface area contributed by atoms with E-state index in [0.29, 0.717) is 18.9 Å². The molecule has 0 aliphatic rings. The number of rotatable bonds is 6. The maximum atomic E-state index is 10.9. The molecule has 0 aliphatic carbocycles. The smallest absolute Gasteiger partial charge is 0.308 e. The molecule has 6 nitrogen and oxygen atoms in total. The van der Waals surface area contributed by atoms with Crippen molar-refractivity contribution in [1.82, 2.24) is 0 Å². The zero-order valence-electron chi connectivity index (χ0n) is 13.6. The van der Waals surface area contributed by atoms with Gasteiger partial charge in [-0.3, -0.25) is 15.1 Å². The zero-order chi connectivity index (χ0) is 16.1. The second kappa shape index (κ2) is 6.99. The summed E-state index contributed by atoms with van der Waals surface area (Å²) in [6.45, 7) is 14.8. The van der Waals surface area contributed by atoms with Gasteiger partial charge in [-0.15, -0.1) is 0 Å². The molecule has 0 aromatic heterocycles. The van der Waals surface area contributed by atoms with Crippen LogP contribution in [0.5, 0.6) is 0 Å². The van der Waals surface area contributed by atoms with E-state index in [4.69, 9.17) is 10.2 Å². The van der Waals surface area contributed by atoms with Crippen molar-refractivity contribution in [3.05, 3.63) is 21.5 Å². The summed E-state index contributed by atoms with van der Waals surface area (Å²) >= 11 is 0. The summed E-state index contributed by atoms with van der Waals surface area (Å²) in [7, 11) is -1.79. The van der Waals surface area contributed by atoms with Crippen LogP contribution >= 0.6 is 0 Å². The number of nitrogens with zero attached hydrogens (tertiary/aromatic N) is 2. The van der Waals surface area contributed by atoms with Crippen LogP contribution in [0.4, 0.5) is 0 Å². The van der Waals surface area contributed by atoms with Gasteiger partial charge in [0.05, 0.1) is 23.8 Å². The maximum Gasteiger partial charge on any atom is 0.308 e. The molecular weight excluding hydrogens is 274 g/mol. The minimum atomic E-state index is -1.79. The minimum Gasteiger partial charge on any atom is -0.415 e. The Hall–Kier alpha value is -1.21. The van der Waals surface area contributed by atoms with Crippen molar-refractivity contribution in [3.8, 4) is 0 Å². The Morgan fingerprint density at radius 3 is 2.20 bits per heavy atom. The summed E-state index contributed by atoms with van der Waals surface area (Å²) in [6, 6.07) is 0. The molecule has 0 heterocycles. The summed E-state index contributed by atoms with van der Waals surface area (Å²) in [4.78, 5) is 14.6. The van der Waals surface area contributed by atoms with Gasteiger partial charge in [-0.25, -0.2) is 0 Å². The average molecular weight is 301 g/mol. The van der Waals surface area contributed by atoms with Gasteiger partial charge in [0, 0.05) is 0 Å². The van der Waals surface area contributed by atoms with Crippen LogP contribution in [-0.2, 0) is 4.43 Å². The highest BCUT2D eigenvalue weighted by Gasteiger charge is 2.36. The van der Waals surface area contributed by atoms with Crippen molar-refractivity contribution in [1.29, 1.82) is 0 Å². The molecule has 116 valence electrons. The van der Waals surface area contributed by atoms with Crippen molar-refractivity contribution in [2.45, 2.75) is 52.8 Å². The third-order valence-corrected chi connectivity index (χ3v) is 8.15. The number of allylic oxidation sites excluding steroid dienone is 2. The Bertz CT molecular complexity index is 419. The summed E-state index contributed by atoms with van der Waals surface area (Å²) in [5.41, 5.74) is 5.90. The average Bonchev–Trinajstić information content (AvgIpc) is 2.21. The van der Waals surface area contributed by atoms with Crippen LogP contribution in [0.25, 0.3) is 0 Å². The molecule has 2 N–H and O–H groups in total. The highest BCUT2D eigenvalue weighted by molar-refractivity contribution is 6.74. The zero-order valence-corrected chi connectivity index (χ0v) is 14.6. The van der Waals surface area contributed by atoms with Gasteiger partial charge in [-0.1, -0.05) is 20.8 Å². The van der Waals surface area contributed by atoms with Gasteiger partial charge >= 0.3 is 5.70 Å². The first kappa shape index (κ1) is 18.8. The number of hydrogen-bond acceptors (Lipinski definition) is 5. The highest BCUT2D eigenvalue weighted by Crippen LogP contribution is 2.36. The van der Waals surface area contributed by atoms with E-state index in [1.54, 1.807) is 6.92 Å². The quantitative estimate of drug-likeness (QED) is 0.268. The standard InChI is InChI=1S/C13H27N3O3Si/c1-10(14)12(16(17)18)11(2)15-8-9-19-20(6,7)13(3,4)5/h8-9,14H2,1-7H3. The Kier molecular flexibility index (Phi) is 6.56. The van der Waals surface area contributed by atoms with E-state index in [9.17, 15) is 10.1 Å². The number of hydrogen-bond donors (Lipinski definition) is 1. The van der Waals surface area contributed by atoms with E-state index in [1.807, 2.05) is 0 Å². The lowest BCUT2D eigenvalue weighted by atomic mass is 10.2. The summed E-state index contributed by atoms with van der Waals surface area (Å²) in [6.07, 6.45) is 0. The topological polar surface area (TPSA) is 90.8 Å². The molecular formula is C13H27N3O3Si. The molecule has 7 heteroatoms. The molecule has 0 fully saturated rings. The van der Waals surface area contributed by atoms with Gasteiger partial charge in [0.1, 0.15) is 5.71 Å². The van der Waals surface area contributed by atoms with Crippen LogP contribution in [0.15, 0.2) is 16.4 Å². The monoisotopic (exact) mass is 301 g/mol. The molecule has 0 saturated heterocycles. The van der Waals surface area contributed by atoms with E-state index >= 15 is 0 Å². The van der Waals surface area contributed by atoms with E-state index in [0.717, 1.165) is 0 Å². The van der Waals surface area contributed by atoms with Crippen LogP contribution in [0.2, 0.25) is 18.1 Å². The lowest BCUT2D eigenvalue weighted by molar-refractivity contribution is -0.416. The molecule has 20 heavy (non-hydrogen) atoms. The Labute approximate surface area is 122 Å². The van der Waals surface area contributed by atoms with E-state index in [2.05, 4.69) is 38.9 Å².